The third-order valence-corrected chi connectivity index (χ3v) is 9.75. The Morgan fingerprint density at radius 2 is 1.97 bits per heavy atom. The second-order valence-corrected chi connectivity index (χ2v) is 13.1. The second kappa shape index (κ2) is 10.3. The number of likely N-dealkylation sites (N-methyl/N-ethyl adjacent to an activating group) is 1. The summed E-state index contributed by atoms with van der Waals surface area (Å²) in [7, 11) is -5.92. The molecule has 10 heteroatoms. The normalized spacial score (nSPS) is 24.8. The molecule has 0 saturated heterocycles. The highest BCUT2D eigenvalue weighted by molar-refractivity contribution is 7.89. The average Bonchev–Trinajstić information content (AvgIpc) is 3.27. The SMILES string of the molecule is C[C@H](CO)N1C[C@H](C)[C@H](CN(C)S(C)(=O)=O)Oc2cc(C#CC3CCCC3)ccc2S1(=O)=O. The Bertz CT molecular complexity index is 1120. The van der Waals surface area contributed by atoms with E-state index in [1.54, 1.807) is 19.1 Å². The van der Waals surface area contributed by atoms with E-state index in [9.17, 15) is 21.9 Å². The zero-order valence-electron chi connectivity index (χ0n) is 19.7. The fourth-order valence-electron chi connectivity index (χ4n) is 4.17. The molecule has 1 N–H and O–H groups in total. The van der Waals surface area contributed by atoms with E-state index in [0.29, 0.717) is 11.5 Å². The topological polar surface area (TPSA) is 104 Å². The van der Waals surface area contributed by atoms with Gasteiger partial charge in [-0.15, -0.1) is 0 Å². The van der Waals surface area contributed by atoms with Crippen LogP contribution >= 0.6 is 0 Å². The fourth-order valence-corrected chi connectivity index (χ4v) is 6.41. The number of nitrogens with zero attached hydrogens (tertiary/aromatic N) is 2. The summed E-state index contributed by atoms with van der Waals surface area (Å²) < 4.78 is 59.6. The zero-order chi connectivity index (χ0) is 24.4. The van der Waals surface area contributed by atoms with E-state index >= 15 is 0 Å². The van der Waals surface area contributed by atoms with Crippen molar-refractivity contribution in [2.45, 2.75) is 56.6 Å². The van der Waals surface area contributed by atoms with E-state index in [2.05, 4.69) is 11.8 Å². The van der Waals surface area contributed by atoms with Gasteiger partial charge in [0.1, 0.15) is 16.7 Å². The Labute approximate surface area is 198 Å². The molecule has 3 atom stereocenters. The van der Waals surface area contributed by atoms with Crippen molar-refractivity contribution < 1.29 is 26.7 Å². The summed E-state index contributed by atoms with van der Waals surface area (Å²) in [6.07, 6.45) is 5.04. The third kappa shape index (κ3) is 6.08. The second-order valence-electron chi connectivity index (χ2n) is 9.20. The first kappa shape index (κ1) is 26.0. The first-order valence-electron chi connectivity index (χ1n) is 11.3. The van der Waals surface area contributed by atoms with Gasteiger partial charge in [0.25, 0.3) is 0 Å². The van der Waals surface area contributed by atoms with Gasteiger partial charge in [0, 0.05) is 37.0 Å². The summed E-state index contributed by atoms with van der Waals surface area (Å²) in [6, 6.07) is 4.15. The molecule has 2 aliphatic rings. The van der Waals surface area contributed by atoms with Gasteiger partial charge in [-0.25, -0.2) is 21.1 Å². The van der Waals surface area contributed by atoms with Crippen LogP contribution in [-0.4, -0.2) is 75.7 Å². The van der Waals surface area contributed by atoms with E-state index in [1.165, 1.54) is 34.6 Å². The van der Waals surface area contributed by atoms with Gasteiger partial charge >= 0.3 is 0 Å². The molecule has 0 spiro atoms. The summed E-state index contributed by atoms with van der Waals surface area (Å²) in [4.78, 5) is -0.00637. The Morgan fingerprint density at radius 3 is 2.58 bits per heavy atom. The number of hydrogen-bond donors (Lipinski definition) is 1. The van der Waals surface area contributed by atoms with Crippen LogP contribution in [0.2, 0.25) is 0 Å². The highest BCUT2D eigenvalue weighted by atomic mass is 32.2. The lowest BCUT2D eigenvalue weighted by atomic mass is 10.0. The van der Waals surface area contributed by atoms with Crippen LogP contribution in [0.5, 0.6) is 5.75 Å². The van der Waals surface area contributed by atoms with Gasteiger partial charge in [-0.2, -0.15) is 4.31 Å². The minimum atomic E-state index is -3.95. The summed E-state index contributed by atoms with van der Waals surface area (Å²) in [5, 5.41) is 9.71. The fraction of sp³-hybridized carbons (Fsp3) is 0.652. The van der Waals surface area contributed by atoms with Crippen molar-refractivity contribution in [2.24, 2.45) is 11.8 Å². The largest absolute Gasteiger partial charge is 0.487 e. The molecule has 0 radical (unpaired) electrons. The number of hydrogen-bond acceptors (Lipinski definition) is 6. The average molecular weight is 499 g/mol. The predicted molar refractivity (Wildman–Crippen MR) is 127 cm³/mol. The molecule has 8 nitrogen and oxygen atoms in total. The van der Waals surface area contributed by atoms with Crippen LogP contribution in [0.25, 0.3) is 0 Å². The maximum absolute atomic E-state index is 13.5. The number of rotatable bonds is 5. The van der Waals surface area contributed by atoms with Gasteiger partial charge in [-0.1, -0.05) is 31.6 Å². The van der Waals surface area contributed by atoms with Crippen LogP contribution < -0.4 is 4.74 Å². The van der Waals surface area contributed by atoms with Crippen molar-refractivity contribution in [2.75, 3.05) is 33.0 Å². The van der Waals surface area contributed by atoms with Crippen molar-refractivity contribution in [1.82, 2.24) is 8.61 Å². The van der Waals surface area contributed by atoms with Gasteiger partial charge < -0.3 is 9.84 Å². The lowest BCUT2D eigenvalue weighted by Crippen LogP contribution is -2.50. The third-order valence-electron chi connectivity index (χ3n) is 6.45. The summed E-state index contributed by atoms with van der Waals surface area (Å²) in [5.74, 6) is 6.60. The maximum atomic E-state index is 13.5. The number of aliphatic hydroxyl groups is 1. The van der Waals surface area contributed by atoms with Crippen LogP contribution in [0, 0.1) is 23.7 Å². The molecule has 1 aliphatic carbocycles. The molecule has 1 aliphatic heterocycles. The molecular weight excluding hydrogens is 464 g/mol. The molecule has 0 unspecified atom stereocenters. The Balaban J connectivity index is 2.05. The molecule has 1 aromatic rings. The van der Waals surface area contributed by atoms with E-state index < -0.39 is 32.2 Å². The molecule has 0 bridgehead atoms. The monoisotopic (exact) mass is 498 g/mol. The molecule has 1 heterocycles. The van der Waals surface area contributed by atoms with E-state index in [0.717, 1.165) is 19.1 Å². The highest BCUT2D eigenvalue weighted by Gasteiger charge is 2.38. The van der Waals surface area contributed by atoms with Crippen molar-refractivity contribution in [3.63, 3.8) is 0 Å². The summed E-state index contributed by atoms with van der Waals surface area (Å²) in [5.41, 5.74) is 0.654. The first-order valence-corrected chi connectivity index (χ1v) is 14.6. The Morgan fingerprint density at radius 1 is 1.30 bits per heavy atom. The Hall–Kier alpha value is -1.64. The highest BCUT2D eigenvalue weighted by Crippen LogP contribution is 2.34. The van der Waals surface area contributed by atoms with Crippen LogP contribution in [0.4, 0.5) is 0 Å². The lowest BCUT2D eigenvalue weighted by Gasteiger charge is -2.37. The predicted octanol–water partition coefficient (Wildman–Crippen LogP) is 1.89. The standard InChI is InChI=1S/C23H34N2O6S2/c1-17-14-25(18(2)16-26)33(29,30)23-12-11-20(10-9-19-7-5-6-8-19)13-21(23)31-22(17)15-24(3)32(4,27)28/h11-13,17-19,22,26H,5-8,14-16H2,1-4H3/t17-,18+,22-/m0/s1. The minimum absolute atomic E-state index is 0.00637. The molecular formula is C23H34N2O6S2. The number of aliphatic hydroxyl groups excluding tert-OH is 1. The van der Waals surface area contributed by atoms with Gasteiger partial charge in [-0.3, -0.25) is 0 Å². The molecule has 1 saturated carbocycles. The van der Waals surface area contributed by atoms with Crippen molar-refractivity contribution in [3.05, 3.63) is 23.8 Å². The molecule has 184 valence electrons. The molecule has 33 heavy (non-hydrogen) atoms. The van der Waals surface area contributed by atoms with E-state index in [-0.39, 0.29) is 36.3 Å². The van der Waals surface area contributed by atoms with E-state index in [4.69, 9.17) is 4.74 Å². The quantitative estimate of drug-likeness (QED) is 0.622. The van der Waals surface area contributed by atoms with Crippen LogP contribution in [0.15, 0.2) is 23.1 Å². The summed E-state index contributed by atoms with van der Waals surface area (Å²) >= 11 is 0. The van der Waals surface area contributed by atoms with Crippen molar-refractivity contribution >= 4 is 20.0 Å². The minimum Gasteiger partial charge on any atom is -0.487 e. The number of fused-ring (bicyclic) bond motifs is 1. The van der Waals surface area contributed by atoms with E-state index in [1.807, 2.05) is 6.92 Å². The molecule has 3 rings (SSSR count). The zero-order valence-corrected chi connectivity index (χ0v) is 21.3. The number of sulfonamides is 2. The number of benzene rings is 1. The molecule has 0 aromatic heterocycles. The molecule has 1 fully saturated rings. The lowest BCUT2D eigenvalue weighted by molar-refractivity contribution is 0.0905. The van der Waals surface area contributed by atoms with Crippen molar-refractivity contribution in [3.8, 4) is 17.6 Å². The summed E-state index contributed by atoms with van der Waals surface area (Å²) in [6.45, 7) is 3.29. The first-order chi connectivity index (χ1) is 15.4. The number of ether oxygens (including phenoxy) is 1. The molecule has 1 aromatic carbocycles. The van der Waals surface area contributed by atoms with Gasteiger partial charge in [0.2, 0.25) is 20.0 Å². The van der Waals surface area contributed by atoms with Crippen LogP contribution in [0.3, 0.4) is 0 Å². The molecule has 0 amide bonds. The van der Waals surface area contributed by atoms with Crippen LogP contribution in [-0.2, 0) is 20.0 Å². The van der Waals surface area contributed by atoms with Gasteiger partial charge in [0.15, 0.2) is 0 Å². The maximum Gasteiger partial charge on any atom is 0.247 e. The van der Waals surface area contributed by atoms with Crippen LogP contribution in [0.1, 0.15) is 45.1 Å². The van der Waals surface area contributed by atoms with Gasteiger partial charge in [0.05, 0.1) is 19.4 Å². The van der Waals surface area contributed by atoms with Gasteiger partial charge in [-0.05, 0) is 38.0 Å². The van der Waals surface area contributed by atoms with Crippen molar-refractivity contribution in [1.29, 1.82) is 0 Å². The Kier molecular flexibility index (Phi) is 8.12. The smallest absolute Gasteiger partial charge is 0.247 e.